The number of benzene rings is 1. The summed E-state index contributed by atoms with van der Waals surface area (Å²) in [6, 6.07) is 6.12. The summed E-state index contributed by atoms with van der Waals surface area (Å²) in [7, 11) is -0.334. The van der Waals surface area contributed by atoms with Crippen molar-refractivity contribution in [2.45, 2.75) is 45.8 Å². The van der Waals surface area contributed by atoms with Crippen molar-refractivity contribution in [2.24, 2.45) is 0 Å². The van der Waals surface area contributed by atoms with Crippen LogP contribution in [0, 0.1) is 6.92 Å². The summed E-state index contributed by atoms with van der Waals surface area (Å²) in [5, 5.41) is 1.14. The van der Waals surface area contributed by atoms with Crippen molar-refractivity contribution in [3.05, 3.63) is 30.0 Å². The molecule has 0 bridgehead atoms. The van der Waals surface area contributed by atoms with E-state index >= 15 is 0 Å². The number of hydrogen-bond acceptors (Lipinski definition) is 3. The first-order chi connectivity index (χ1) is 8.80. The highest BCUT2D eigenvalue weighted by molar-refractivity contribution is 6.62. The molecule has 1 fully saturated rings. The van der Waals surface area contributed by atoms with Gasteiger partial charge in [0.1, 0.15) is 5.58 Å². The molecule has 3 nitrogen and oxygen atoms in total. The molecule has 0 aliphatic carbocycles. The van der Waals surface area contributed by atoms with Gasteiger partial charge < -0.3 is 13.7 Å². The summed E-state index contributed by atoms with van der Waals surface area (Å²) in [5.74, 6) is 0. The Kier molecular flexibility index (Phi) is 2.60. The molecule has 1 saturated heterocycles. The van der Waals surface area contributed by atoms with E-state index in [0.717, 1.165) is 22.0 Å². The third-order valence-corrected chi connectivity index (χ3v) is 4.32. The van der Waals surface area contributed by atoms with E-state index in [-0.39, 0.29) is 18.3 Å². The monoisotopic (exact) mass is 258 g/mol. The normalized spacial score (nSPS) is 21.2. The van der Waals surface area contributed by atoms with Crippen LogP contribution in [0.4, 0.5) is 0 Å². The van der Waals surface area contributed by atoms with Gasteiger partial charge in [-0.25, -0.2) is 0 Å². The highest BCUT2D eigenvalue weighted by atomic mass is 16.7. The predicted molar refractivity (Wildman–Crippen MR) is 76.7 cm³/mol. The van der Waals surface area contributed by atoms with Crippen LogP contribution < -0.4 is 5.46 Å². The lowest BCUT2D eigenvalue weighted by atomic mass is 9.79. The first kappa shape index (κ1) is 12.8. The summed E-state index contributed by atoms with van der Waals surface area (Å²) in [6.45, 7) is 10.3. The van der Waals surface area contributed by atoms with Gasteiger partial charge in [0, 0.05) is 5.39 Å². The Morgan fingerprint density at radius 3 is 2.26 bits per heavy atom. The van der Waals surface area contributed by atoms with E-state index in [1.807, 2.05) is 19.1 Å². The van der Waals surface area contributed by atoms with Crippen LogP contribution in [0.15, 0.2) is 28.9 Å². The summed E-state index contributed by atoms with van der Waals surface area (Å²) < 4.78 is 17.6. The topological polar surface area (TPSA) is 31.6 Å². The van der Waals surface area contributed by atoms with Gasteiger partial charge in [-0.3, -0.25) is 0 Å². The number of aryl methyl sites for hydroxylation is 1. The molecule has 19 heavy (non-hydrogen) atoms. The fourth-order valence-electron chi connectivity index (χ4n) is 2.30. The smallest absolute Gasteiger partial charge is 0.464 e. The zero-order chi connectivity index (χ0) is 13.8. The van der Waals surface area contributed by atoms with Crippen LogP contribution in [0.1, 0.15) is 33.3 Å². The Labute approximate surface area is 114 Å². The molecule has 0 amide bonds. The summed E-state index contributed by atoms with van der Waals surface area (Å²) in [4.78, 5) is 0. The van der Waals surface area contributed by atoms with Gasteiger partial charge in [-0.2, -0.15) is 0 Å². The second-order valence-electron chi connectivity index (χ2n) is 6.26. The predicted octanol–water partition coefficient (Wildman–Crippen LogP) is 3.04. The van der Waals surface area contributed by atoms with Crippen LogP contribution in [-0.2, 0) is 9.31 Å². The largest absolute Gasteiger partial charge is 0.494 e. The average molecular weight is 258 g/mol. The second-order valence-corrected chi connectivity index (χ2v) is 6.26. The second kappa shape index (κ2) is 3.87. The van der Waals surface area contributed by atoms with E-state index in [1.54, 1.807) is 6.26 Å². The maximum Gasteiger partial charge on any atom is 0.494 e. The summed E-state index contributed by atoms with van der Waals surface area (Å²) in [5.41, 5.74) is 2.40. The van der Waals surface area contributed by atoms with Crippen molar-refractivity contribution < 1.29 is 13.7 Å². The van der Waals surface area contributed by atoms with Crippen molar-refractivity contribution >= 4 is 23.6 Å². The van der Waals surface area contributed by atoms with Crippen molar-refractivity contribution in [3.63, 3.8) is 0 Å². The lowest BCUT2D eigenvalue weighted by Crippen LogP contribution is -2.41. The fraction of sp³-hybridized carbons (Fsp3) is 0.467. The van der Waals surface area contributed by atoms with E-state index in [0.29, 0.717) is 0 Å². The van der Waals surface area contributed by atoms with Gasteiger partial charge in [0.2, 0.25) is 0 Å². The third-order valence-electron chi connectivity index (χ3n) is 4.32. The van der Waals surface area contributed by atoms with Crippen LogP contribution in [0.2, 0.25) is 0 Å². The Morgan fingerprint density at radius 2 is 1.63 bits per heavy atom. The third kappa shape index (κ3) is 1.90. The first-order valence-electron chi connectivity index (χ1n) is 6.63. The van der Waals surface area contributed by atoms with Gasteiger partial charge in [-0.1, -0.05) is 12.1 Å². The van der Waals surface area contributed by atoms with Crippen LogP contribution >= 0.6 is 0 Å². The van der Waals surface area contributed by atoms with Gasteiger partial charge >= 0.3 is 7.12 Å². The van der Waals surface area contributed by atoms with E-state index < -0.39 is 0 Å². The van der Waals surface area contributed by atoms with Gasteiger partial charge in [0.05, 0.1) is 17.5 Å². The van der Waals surface area contributed by atoms with Gasteiger partial charge in [-0.05, 0) is 51.7 Å². The molecule has 3 rings (SSSR count). The molecule has 2 aromatic rings. The fourth-order valence-corrected chi connectivity index (χ4v) is 2.30. The summed E-state index contributed by atoms with van der Waals surface area (Å²) in [6.07, 6.45) is 1.78. The molecule has 0 radical (unpaired) electrons. The molecular formula is C15H19BO3. The molecule has 1 aliphatic rings. The molecule has 1 aliphatic heterocycles. The molecule has 0 unspecified atom stereocenters. The van der Waals surface area contributed by atoms with Gasteiger partial charge in [0.15, 0.2) is 0 Å². The Balaban J connectivity index is 1.98. The molecule has 0 N–H and O–H groups in total. The minimum Gasteiger partial charge on any atom is -0.464 e. The number of furan rings is 1. The highest BCUT2D eigenvalue weighted by Crippen LogP contribution is 2.36. The van der Waals surface area contributed by atoms with Crippen molar-refractivity contribution in [3.8, 4) is 0 Å². The Hall–Kier alpha value is -1.26. The lowest BCUT2D eigenvalue weighted by molar-refractivity contribution is 0.00578. The van der Waals surface area contributed by atoms with E-state index in [9.17, 15) is 0 Å². The first-order valence-corrected chi connectivity index (χ1v) is 6.63. The SMILES string of the molecule is Cc1coc2cc(B3OC(C)(C)C(C)(C)O3)ccc12. The number of rotatable bonds is 1. The van der Waals surface area contributed by atoms with Crippen LogP contribution in [0.3, 0.4) is 0 Å². The zero-order valence-electron chi connectivity index (χ0n) is 12.1. The van der Waals surface area contributed by atoms with Crippen LogP contribution in [0.25, 0.3) is 11.0 Å². The van der Waals surface area contributed by atoms with E-state index in [1.165, 1.54) is 0 Å². The number of hydrogen-bond donors (Lipinski definition) is 0. The van der Waals surface area contributed by atoms with Crippen molar-refractivity contribution in [1.29, 1.82) is 0 Å². The van der Waals surface area contributed by atoms with Gasteiger partial charge in [-0.15, -0.1) is 0 Å². The van der Waals surface area contributed by atoms with Crippen LogP contribution in [0.5, 0.6) is 0 Å². The molecule has 0 spiro atoms. The maximum atomic E-state index is 6.04. The lowest BCUT2D eigenvalue weighted by Gasteiger charge is -2.32. The maximum absolute atomic E-state index is 6.04. The Morgan fingerprint density at radius 1 is 1.00 bits per heavy atom. The standard InChI is InChI=1S/C15H19BO3/c1-10-9-17-13-8-11(6-7-12(10)13)16-18-14(2,3)15(4,5)19-16/h6-9H,1-5H3. The molecule has 0 saturated carbocycles. The van der Waals surface area contributed by atoms with Gasteiger partial charge in [0.25, 0.3) is 0 Å². The quantitative estimate of drug-likeness (QED) is 0.737. The highest BCUT2D eigenvalue weighted by Gasteiger charge is 2.51. The minimum atomic E-state index is -0.334. The van der Waals surface area contributed by atoms with Crippen LogP contribution in [-0.4, -0.2) is 18.3 Å². The zero-order valence-corrected chi connectivity index (χ0v) is 12.1. The molecule has 2 heterocycles. The van der Waals surface area contributed by atoms with Crippen molar-refractivity contribution in [1.82, 2.24) is 0 Å². The van der Waals surface area contributed by atoms with Crippen molar-refractivity contribution in [2.75, 3.05) is 0 Å². The van der Waals surface area contributed by atoms with E-state index in [4.69, 9.17) is 13.7 Å². The molecule has 1 aromatic carbocycles. The summed E-state index contributed by atoms with van der Waals surface area (Å²) >= 11 is 0. The molecule has 100 valence electrons. The molecule has 1 aromatic heterocycles. The Bertz CT molecular complexity index is 611. The molecule has 4 heteroatoms. The number of fused-ring (bicyclic) bond motifs is 1. The average Bonchev–Trinajstić information content (AvgIpc) is 2.78. The van der Waals surface area contributed by atoms with E-state index in [2.05, 4.69) is 33.8 Å². The molecular weight excluding hydrogens is 239 g/mol. The minimum absolute atomic E-state index is 0.314. The molecule has 0 atom stereocenters.